The molecule has 0 aliphatic heterocycles. The Morgan fingerprint density at radius 3 is 2.85 bits per heavy atom. The first-order chi connectivity index (χ1) is 6.25. The number of hydroxylamine groups is 1. The SMILES string of the molecule is Cc1cccc(OCCNO)c1C. The zero-order valence-corrected chi connectivity index (χ0v) is 8.00. The highest BCUT2D eigenvalue weighted by Crippen LogP contribution is 2.19. The Kier molecular flexibility index (Phi) is 3.73. The van der Waals surface area contributed by atoms with Crippen LogP contribution in [0.25, 0.3) is 0 Å². The molecular formula is C10H15NO2. The lowest BCUT2D eigenvalue weighted by molar-refractivity contribution is 0.145. The Bertz CT molecular complexity index is 274. The quantitative estimate of drug-likeness (QED) is 0.548. The minimum atomic E-state index is 0.438. The van der Waals surface area contributed by atoms with Gasteiger partial charge in [0.15, 0.2) is 0 Å². The van der Waals surface area contributed by atoms with Gasteiger partial charge in [0.25, 0.3) is 0 Å². The molecule has 0 spiro atoms. The van der Waals surface area contributed by atoms with E-state index >= 15 is 0 Å². The van der Waals surface area contributed by atoms with E-state index in [-0.39, 0.29) is 0 Å². The van der Waals surface area contributed by atoms with Crippen LogP contribution in [0.3, 0.4) is 0 Å². The van der Waals surface area contributed by atoms with Gasteiger partial charge in [-0.2, -0.15) is 0 Å². The lowest BCUT2D eigenvalue weighted by Crippen LogP contribution is -2.16. The van der Waals surface area contributed by atoms with Crippen molar-refractivity contribution >= 4 is 0 Å². The van der Waals surface area contributed by atoms with E-state index in [1.165, 1.54) is 5.56 Å². The predicted molar refractivity (Wildman–Crippen MR) is 51.2 cm³/mol. The van der Waals surface area contributed by atoms with Crippen molar-refractivity contribution in [3.05, 3.63) is 29.3 Å². The Morgan fingerprint density at radius 2 is 2.15 bits per heavy atom. The lowest BCUT2D eigenvalue weighted by atomic mass is 10.1. The molecule has 0 saturated carbocycles. The maximum Gasteiger partial charge on any atom is 0.122 e. The second-order valence-electron chi connectivity index (χ2n) is 2.95. The molecule has 0 unspecified atom stereocenters. The average Bonchev–Trinajstić information content (AvgIpc) is 2.13. The second kappa shape index (κ2) is 4.84. The maximum atomic E-state index is 8.34. The molecule has 0 amide bonds. The van der Waals surface area contributed by atoms with E-state index in [1.807, 2.05) is 37.5 Å². The minimum absolute atomic E-state index is 0.438. The number of benzene rings is 1. The van der Waals surface area contributed by atoms with Crippen molar-refractivity contribution in [2.45, 2.75) is 13.8 Å². The fraction of sp³-hybridized carbons (Fsp3) is 0.400. The third kappa shape index (κ3) is 2.72. The number of hydrogen-bond acceptors (Lipinski definition) is 3. The van der Waals surface area contributed by atoms with E-state index in [4.69, 9.17) is 9.94 Å². The summed E-state index contributed by atoms with van der Waals surface area (Å²) >= 11 is 0. The molecule has 0 bridgehead atoms. The summed E-state index contributed by atoms with van der Waals surface area (Å²) in [6.07, 6.45) is 0. The summed E-state index contributed by atoms with van der Waals surface area (Å²) in [6, 6.07) is 5.94. The highest BCUT2D eigenvalue weighted by molar-refractivity contribution is 5.38. The van der Waals surface area contributed by atoms with Gasteiger partial charge in [-0.3, -0.25) is 0 Å². The van der Waals surface area contributed by atoms with Crippen molar-refractivity contribution < 1.29 is 9.94 Å². The number of aryl methyl sites for hydroxylation is 1. The van der Waals surface area contributed by atoms with Gasteiger partial charge in [-0.05, 0) is 31.0 Å². The highest BCUT2D eigenvalue weighted by atomic mass is 16.5. The Balaban J connectivity index is 2.61. The van der Waals surface area contributed by atoms with Crippen LogP contribution in [0.15, 0.2) is 18.2 Å². The van der Waals surface area contributed by atoms with Gasteiger partial charge in [0.1, 0.15) is 12.4 Å². The molecule has 3 heteroatoms. The Labute approximate surface area is 78.3 Å². The highest BCUT2D eigenvalue weighted by Gasteiger charge is 2.00. The normalized spacial score (nSPS) is 10.1. The summed E-state index contributed by atoms with van der Waals surface area (Å²) in [4.78, 5) is 0. The van der Waals surface area contributed by atoms with Crippen LogP contribution >= 0.6 is 0 Å². The van der Waals surface area contributed by atoms with Crippen molar-refractivity contribution in [2.75, 3.05) is 13.2 Å². The smallest absolute Gasteiger partial charge is 0.122 e. The first-order valence-electron chi connectivity index (χ1n) is 4.31. The Morgan fingerprint density at radius 1 is 1.38 bits per heavy atom. The van der Waals surface area contributed by atoms with Crippen LogP contribution in [0.1, 0.15) is 11.1 Å². The lowest BCUT2D eigenvalue weighted by Gasteiger charge is -2.09. The largest absolute Gasteiger partial charge is 0.492 e. The van der Waals surface area contributed by atoms with E-state index in [1.54, 1.807) is 0 Å². The van der Waals surface area contributed by atoms with Gasteiger partial charge < -0.3 is 9.94 Å². The van der Waals surface area contributed by atoms with Crippen LogP contribution in [0.2, 0.25) is 0 Å². The van der Waals surface area contributed by atoms with E-state index in [0.717, 1.165) is 11.3 Å². The van der Waals surface area contributed by atoms with Crippen molar-refractivity contribution in [3.8, 4) is 5.75 Å². The van der Waals surface area contributed by atoms with Gasteiger partial charge in [-0.1, -0.05) is 12.1 Å². The molecule has 0 aliphatic rings. The van der Waals surface area contributed by atoms with Crippen LogP contribution in [0.5, 0.6) is 5.75 Å². The standard InChI is InChI=1S/C10H15NO2/c1-8-4-3-5-10(9(8)2)13-7-6-11-12/h3-5,11-12H,6-7H2,1-2H3. The van der Waals surface area contributed by atoms with Gasteiger partial charge in [0, 0.05) is 0 Å². The van der Waals surface area contributed by atoms with Gasteiger partial charge in [-0.15, -0.1) is 0 Å². The molecule has 72 valence electrons. The zero-order chi connectivity index (χ0) is 9.68. The first-order valence-corrected chi connectivity index (χ1v) is 4.31. The molecule has 1 aromatic rings. The number of hydrogen-bond donors (Lipinski definition) is 2. The van der Waals surface area contributed by atoms with Crippen LogP contribution < -0.4 is 10.2 Å². The molecule has 1 aromatic carbocycles. The maximum absolute atomic E-state index is 8.34. The van der Waals surface area contributed by atoms with E-state index < -0.39 is 0 Å². The molecule has 3 nitrogen and oxygen atoms in total. The molecule has 13 heavy (non-hydrogen) atoms. The summed E-state index contributed by atoms with van der Waals surface area (Å²) in [5, 5.41) is 8.34. The van der Waals surface area contributed by atoms with Crippen LogP contribution in [-0.2, 0) is 0 Å². The number of rotatable bonds is 4. The molecule has 2 N–H and O–H groups in total. The van der Waals surface area contributed by atoms with Crippen LogP contribution in [-0.4, -0.2) is 18.4 Å². The average molecular weight is 181 g/mol. The van der Waals surface area contributed by atoms with E-state index in [9.17, 15) is 0 Å². The first kappa shape index (κ1) is 10.0. The monoisotopic (exact) mass is 181 g/mol. The summed E-state index contributed by atoms with van der Waals surface area (Å²) in [7, 11) is 0. The van der Waals surface area contributed by atoms with Crippen molar-refractivity contribution in [3.63, 3.8) is 0 Å². The summed E-state index contributed by atoms with van der Waals surface area (Å²) in [5.41, 5.74) is 4.42. The topological polar surface area (TPSA) is 41.5 Å². The third-order valence-corrected chi connectivity index (χ3v) is 2.03. The fourth-order valence-electron chi connectivity index (χ4n) is 1.09. The van der Waals surface area contributed by atoms with Crippen LogP contribution in [0, 0.1) is 13.8 Å². The van der Waals surface area contributed by atoms with E-state index in [0.29, 0.717) is 13.2 Å². The molecule has 0 radical (unpaired) electrons. The van der Waals surface area contributed by atoms with E-state index in [2.05, 4.69) is 0 Å². The fourth-order valence-corrected chi connectivity index (χ4v) is 1.09. The van der Waals surface area contributed by atoms with Gasteiger partial charge in [-0.25, -0.2) is 5.48 Å². The number of ether oxygens (including phenoxy) is 1. The van der Waals surface area contributed by atoms with Crippen LogP contribution in [0.4, 0.5) is 0 Å². The molecule has 0 aromatic heterocycles. The molecule has 0 heterocycles. The molecule has 0 aliphatic carbocycles. The molecule has 0 atom stereocenters. The molecule has 0 fully saturated rings. The van der Waals surface area contributed by atoms with Gasteiger partial charge >= 0.3 is 0 Å². The van der Waals surface area contributed by atoms with Crippen molar-refractivity contribution in [1.82, 2.24) is 5.48 Å². The van der Waals surface area contributed by atoms with Crippen molar-refractivity contribution in [2.24, 2.45) is 0 Å². The van der Waals surface area contributed by atoms with Gasteiger partial charge in [0.05, 0.1) is 6.54 Å². The van der Waals surface area contributed by atoms with Crippen molar-refractivity contribution in [1.29, 1.82) is 0 Å². The molecule has 0 saturated heterocycles. The second-order valence-corrected chi connectivity index (χ2v) is 2.95. The summed E-state index contributed by atoms with van der Waals surface area (Å²) in [6.45, 7) is 4.98. The molecule has 1 rings (SSSR count). The minimum Gasteiger partial charge on any atom is -0.492 e. The summed E-state index contributed by atoms with van der Waals surface area (Å²) in [5.74, 6) is 0.884. The molecular weight excluding hydrogens is 166 g/mol. The zero-order valence-electron chi connectivity index (χ0n) is 8.00. The third-order valence-electron chi connectivity index (χ3n) is 2.03. The Hall–Kier alpha value is -1.06. The summed E-state index contributed by atoms with van der Waals surface area (Å²) < 4.78 is 5.44. The predicted octanol–water partition coefficient (Wildman–Crippen LogP) is 1.66. The van der Waals surface area contributed by atoms with Gasteiger partial charge in [0.2, 0.25) is 0 Å². The number of nitrogens with one attached hydrogen (secondary N) is 1.